The molecule has 0 aliphatic carbocycles. The topological polar surface area (TPSA) is 29.0 Å². The van der Waals surface area contributed by atoms with Crippen molar-refractivity contribution in [1.82, 2.24) is 9.97 Å². The summed E-state index contributed by atoms with van der Waals surface area (Å²) in [5.41, 5.74) is 0. The van der Waals surface area contributed by atoms with Crippen LogP contribution < -0.4 is 4.90 Å². The third-order valence-electron chi connectivity index (χ3n) is 3.42. The van der Waals surface area contributed by atoms with Crippen LogP contribution in [-0.4, -0.2) is 23.1 Å². The molecule has 0 aromatic carbocycles. The van der Waals surface area contributed by atoms with Crippen molar-refractivity contribution in [3.63, 3.8) is 0 Å². The molecule has 0 spiro atoms. The number of aromatic nitrogens is 2. The van der Waals surface area contributed by atoms with Gasteiger partial charge >= 0.3 is 0 Å². The van der Waals surface area contributed by atoms with Gasteiger partial charge in [-0.1, -0.05) is 25.4 Å². The summed E-state index contributed by atoms with van der Waals surface area (Å²) in [5, 5.41) is 0.519. The summed E-state index contributed by atoms with van der Waals surface area (Å²) in [4.78, 5) is 10.6. The Bertz CT molecular complexity index is 346. The molecule has 3 nitrogen and oxygen atoms in total. The fraction of sp³-hybridized carbons (Fsp3) is 0.667. The van der Waals surface area contributed by atoms with Crippen molar-refractivity contribution >= 4 is 17.4 Å². The lowest BCUT2D eigenvalue weighted by Crippen LogP contribution is -2.36. The number of anilines is 1. The number of nitrogens with zero attached hydrogens (tertiary/aromatic N) is 3. The van der Waals surface area contributed by atoms with Crippen molar-refractivity contribution in [2.45, 2.75) is 26.7 Å². The monoisotopic (exact) mass is 239 g/mol. The van der Waals surface area contributed by atoms with Crippen LogP contribution in [-0.2, 0) is 0 Å². The van der Waals surface area contributed by atoms with Gasteiger partial charge in [0.25, 0.3) is 0 Å². The summed E-state index contributed by atoms with van der Waals surface area (Å²) in [6.45, 7) is 6.69. The molecule has 0 amide bonds. The second kappa shape index (κ2) is 5.00. The second-order valence-corrected chi connectivity index (χ2v) is 5.10. The number of halogens is 1. The Morgan fingerprint density at radius 3 is 2.44 bits per heavy atom. The molecule has 1 fully saturated rings. The van der Waals surface area contributed by atoms with Crippen molar-refractivity contribution < 1.29 is 0 Å². The Morgan fingerprint density at radius 2 is 1.88 bits per heavy atom. The van der Waals surface area contributed by atoms with E-state index in [4.69, 9.17) is 11.6 Å². The van der Waals surface area contributed by atoms with Crippen LogP contribution in [0, 0.1) is 11.8 Å². The Kier molecular flexibility index (Phi) is 3.64. The summed E-state index contributed by atoms with van der Waals surface area (Å²) >= 11 is 6.04. The molecule has 0 radical (unpaired) electrons. The van der Waals surface area contributed by atoms with Crippen molar-refractivity contribution in [3.8, 4) is 0 Å². The van der Waals surface area contributed by atoms with Gasteiger partial charge in [-0.15, -0.1) is 0 Å². The molecule has 0 N–H and O–H groups in total. The number of hydrogen-bond acceptors (Lipinski definition) is 3. The smallest absolute Gasteiger partial charge is 0.171 e. The van der Waals surface area contributed by atoms with Gasteiger partial charge in [0.2, 0.25) is 0 Å². The number of piperidine rings is 1. The molecule has 16 heavy (non-hydrogen) atoms. The van der Waals surface area contributed by atoms with Gasteiger partial charge in [-0.25, -0.2) is 9.97 Å². The van der Waals surface area contributed by atoms with E-state index in [2.05, 4.69) is 28.7 Å². The predicted molar refractivity (Wildman–Crippen MR) is 66.8 cm³/mol. The van der Waals surface area contributed by atoms with Crippen LogP contribution in [0.2, 0.25) is 5.15 Å². The fourth-order valence-electron chi connectivity index (χ4n) is 2.30. The Morgan fingerprint density at radius 1 is 1.25 bits per heavy atom. The zero-order chi connectivity index (χ0) is 11.5. The molecular formula is C12H18ClN3. The SMILES string of the molecule is CC(C)C1CCN(c2nccnc2Cl)CC1. The largest absolute Gasteiger partial charge is 0.354 e. The zero-order valence-electron chi connectivity index (χ0n) is 9.86. The van der Waals surface area contributed by atoms with Gasteiger partial charge in [0.15, 0.2) is 11.0 Å². The van der Waals surface area contributed by atoms with Gasteiger partial charge in [-0.2, -0.15) is 0 Å². The maximum absolute atomic E-state index is 6.04. The minimum Gasteiger partial charge on any atom is -0.354 e. The van der Waals surface area contributed by atoms with E-state index < -0.39 is 0 Å². The molecule has 0 bridgehead atoms. The maximum atomic E-state index is 6.04. The first kappa shape index (κ1) is 11.6. The second-order valence-electron chi connectivity index (χ2n) is 4.74. The molecule has 2 heterocycles. The molecule has 1 aliphatic heterocycles. The van der Waals surface area contributed by atoms with E-state index >= 15 is 0 Å². The molecule has 2 rings (SSSR count). The van der Waals surface area contributed by atoms with Crippen LogP contribution in [0.15, 0.2) is 12.4 Å². The van der Waals surface area contributed by atoms with Crippen LogP contribution in [0.5, 0.6) is 0 Å². The van der Waals surface area contributed by atoms with Gasteiger partial charge < -0.3 is 4.90 Å². The van der Waals surface area contributed by atoms with Crippen molar-refractivity contribution in [2.75, 3.05) is 18.0 Å². The van der Waals surface area contributed by atoms with Gasteiger partial charge in [0.05, 0.1) is 0 Å². The normalized spacial score (nSPS) is 18.1. The van der Waals surface area contributed by atoms with Gasteiger partial charge in [0.1, 0.15) is 0 Å². The highest BCUT2D eigenvalue weighted by atomic mass is 35.5. The van der Waals surface area contributed by atoms with E-state index in [-0.39, 0.29) is 0 Å². The first-order chi connectivity index (χ1) is 7.68. The lowest BCUT2D eigenvalue weighted by Gasteiger charge is -2.34. The Balaban J connectivity index is 2.02. The van der Waals surface area contributed by atoms with E-state index in [1.54, 1.807) is 12.4 Å². The average Bonchev–Trinajstić information content (AvgIpc) is 2.30. The van der Waals surface area contributed by atoms with Crippen molar-refractivity contribution in [1.29, 1.82) is 0 Å². The summed E-state index contributed by atoms with van der Waals surface area (Å²) < 4.78 is 0. The van der Waals surface area contributed by atoms with Crippen LogP contribution in [0.25, 0.3) is 0 Å². The molecule has 1 aromatic rings. The quantitative estimate of drug-likeness (QED) is 0.795. The molecule has 0 atom stereocenters. The third-order valence-corrected chi connectivity index (χ3v) is 3.68. The first-order valence-electron chi connectivity index (χ1n) is 5.90. The summed E-state index contributed by atoms with van der Waals surface area (Å²) in [6, 6.07) is 0. The van der Waals surface area contributed by atoms with Gasteiger partial charge in [-0.3, -0.25) is 0 Å². The van der Waals surface area contributed by atoms with Gasteiger partial charge in [0, 0.05) is 25.5 Å². The van der Waals surface area contributed by atoms with E-state index in [9.17, 15) is 0 Å². The number of hydrogen-bond donors (Lipinski definition) is 0. The standard InChI is InChI=1S/C12H18ClN3/c1-9(2)10-3-7-16(8-4-10)12-11(13)14-5-6-15-12/h5-6,9-10H,3-4,7-8H2,1-2H3. The summed E-state index contributed by atoms with van der Waals surface area (Å²) in [7, 11) is 0. The molecular weight excluding hydrogens is 222 g/mol. The van der Waals surface area contributed by atoms with Crippen LogP contribution in [0.3, 0.4) is 0 Å². The molecule has 1 aromatic heterocycles. The number of rotatable bonds is 2. The zero-order valence-corrected chi connectivity index (χ0v) is 10.6. The maximum Gasteiger partial charge on any atom is 0.171 e. The highest BCUT2D eigenvalue weighted by Gasteiger charge is 2.23. The molecule has 0 saturated carbocycles. The molecule has 4 heteroatoms. The molecule has 1 saturated heterocycles. The lowest BCUT2D eigenvalue weighted by molar-refractivity contribution is 0.310. The highest BCUT2D eigenvalue weighted by Crippen LogP contribution is 2.29. The Labute approximate surface area is 102 Å². The predicted octanol–water partition coefficient (Wildman–Crippen LogP) is 3.00. The summed E-state index contributed by atoms with van der Waals surface area (Å²) in [5.74, 6) is 2.46. The van der Waals surface area contributed by atoms with E-state index in [0.717, 1.165) is 30.7 Å². The minimum absolute atomic E-state index is 0.519. The highest BCUT2D eigenvalue weighted by molar-refractivity contribution is 6.31. The summed E-state index contributed by atoms with van der Waals surface area (Å²) in [6.07, 6.45) is 5.79. The van der Waals surface area contributed by atoms with Crippen LogP contribution in [0.4, 0.5) is 5.82 Å². The van der Waals surface area contributed by atoms with Crippen LogP contribution in [0.1, 0.15) is 26.7 Å². The van der Waals surface area contributed by atoms with Crippen molar-refractivity contribution in [2.24, 2.45) is 11.8 Å². The van der Waals surface area contributed by atoms with Crippen molar-refractivity contribution in [3.05, 3.63) is 17.5 Å². The molecule has 88 valence electrons. The molecule has 1 aliphatic rings. The minimum atomic E-state index is 0.519. The van der Waals surface area contributed by atoms with E-state index in [0.29, 0.717) is 5.15 Å². The average molecular weight is 240 g/mol. The van der Waals surface area contributed by atoms with E-state index in [1.165, 1.54) is 12.8 Å². The Hall–Kier alpha value is -0.830. The van der Waals surface area contributed by atoms with Gasteiger partial charge in [-0.05, 0) is 24.7 Å². The first-order valence-corrected chi connectivity index (χ1v) is 6.27. The van der Waals surface area contributed by atoms with E-state index in [1.807, 2.05) is 0 Å². The lowest BCUT2D eigenvalue weighted by atomic mass is 9.87. The van der Waals surface area contributed by atoms with Crippen LogP contribution >= 0.6 is 11.6 Å². The molecule has 0 unspecified atom stereocenters. The fourth-order valence-corrected chi connectivity index (χ4v) is 2.53. The third kappa shape index (κ3) is 2.46.